The van der Waals surface area contributed by atoms with E-state index in [2.05, 4.69) is 25.0 Å². The van der Waals surface area contributed by atoms with Crippen LogP contribution in [-0.2, 0) is 4.84 Å². The summed E-state index contributed by atoms with van der Waals surface area (Å²) in [6, 6.07) is 6.35. The van der Waals surface area contributed by atoms with Gasteiger partial charge in [0.1, 0.15) is 18.6 Å². The van der Waals surface area contributed by atoms with Crippen molar-refractivity contribution in [3.8, 4) is 11.6 Å². The number of ether oxygens (including phenoxy) is 1. The first-order valence-corrected chi connectivity index (χ1v) is 7.22. The SMILES string of the molecule is Fc1cc(C2=NO[C@H](COc3ccon3)C2)ccc1-n1nccn1. The van der Waals surface area contributed by atoms with Crippen molar-refractivity contribution in [1.82, 2.24) is 20.2 Å². The molecule has 3 heterocycles. The second-order valence-electron chi connectivity index (χ2n) is 5.10. The first-order chi connectivity index (χ1) is 11.8. The highest BCUT2D eigenvalue weighted by molar-refractivity contribution is 6.01. The van der Waals surface area contributed by atoms with Crippen LogP contribution in [0.5, 0.6) is 5.88 Å². The van der Waals surface area contributed by atoms with Crippen LogP contribution >= 0.6 is 0 Å². The van der Waals surface area contributed by atoms with Crippen LogP contribution in [0.2, 0.25) is 0 Å². The third kappa shape index (κ3) is 2.83. The van der Waals surface area contributed by atoms with E-state index in [1.807, 2.05) is 0 Å². The van der Waals surface area contributed by atoms with Crippen molar-refractivity contribution in [2.24, 2.45) is 5.16 Å². The molecule has 1 aliphatic rings. The Balaban J connectivity index is 1.42. The van der Waals surface area contributed by atoms with Crippen molar-refractivity contribution in [3.63, 3.8) is 0 Å². The van der Waals surface area contributed by atoms with Gasteiger partial charge in [0.25, 0.3) is 5.88 Å². The van der Waals surface area contributed by atoms with Gasteiger partial charge in [0.05, 0.1) is 18.1 Å². The minimum Gasteiger partial charge on any atom is -0.471 e. The molecule has 4 rings (SSSR count). The molecule has 122 valence electrons. The lowest BCUT2D eigenvalue weighted by atomic mass is 10.0. The molecule has 0 unspecified atom stereocenters. The second-order valence-corrected chi connectivity index (χ2v) is 5.10. The minimum absolute atomic E-state index is 0.257. The van der Waals surface area contributed by atoms with Crippen LogP contribution in [0, 0.1) is 5.82 Å². The van der Waals surface area contributed by atoms with E-state index in [4.69, 9.17) is 9.57 Å². The van der Waals surface area contributed by atoms with E-state index in [9.17, 15) is 4.39 Å². The first-order valence-electron chi connectivity index (χ1n) is 7.22. The van der Waals surface area contributed by atoms with Crippen LogP contribution in [0.4, 0.5) is 4.39 Å². The van der Waals surface area contributed by atoms with Gasteiger partial charge in [0.15, 0.2) is 11.9 Å². The zero-order chi connectivity index (χ0) is 16.4. The second kappa shape index (κ2) is 6.11. The van der Waals surface area contributed by atoms with Gasteiger partial charge >= 0.3 is 0 Å². The number of nitrogens with zero attached hydrogens (tertiary/aromatic N) is 5. The van der Waals surface area contributed by atoms with Crippen LogP contribution < -0.4 is 4.74 Å². The highest BCUT2D eigenvalue weighted by Gasteiger charge is 2.24. The molecule has 1 aliphatic heterocycles. The number of aromatic nitrogens is 4. The molecule has 8 nitrogen and oxygen atoms in total. The van der Waals surface area contributed by atoms with E-state index in [0.717, 1.165) is 0 Å². The normalized spacial score (nSPS) is 16.7. The molecule has 0 spiro atoms. The van der Waals surface area contributed by atoms with Gasteiger partial charge in [-0.25, -0.2) is 4.39 Å². The number of hydrogen-bond acceptors (Lipinski definition) is 7. The van der Waals surface area contributed by atoms with Gasteiger partial charge in [0, 0.05) is 18.1 Å². The first kappa shape index (κ1) is 14.4. The van der Waals surface area contributed by atoms with E-state index >= 15 is 0 Å². The van der Waals surface area contributed by atoms with Gasteiger partial charge < -0.3 is 14.1 Å². The molecule has 3 aromatic rings. The molecule has 1 aromatic carbocycles. The summed E-state index contributed by atoms with van der Waals surface area (Å²) in [4.78, 5) is 6.54. The molecule has 2 aromatic heterocycles. The van der Waals surface area contributed by atoms with Gasteiger partial charge in [-0.05, 0) is 17.3 Å². The largest absolute Gasteiger partial charge is 0.471 e. The molecule has 0 saturated heterocycles. The number of benzene rings is 1. The van der Waals surface area contributed by atoms with Gasteiger partial charge in [0.2, 0.25) is 0 Å². The van der Waals surface area contributed by atoms with E-state index in [0.29, 0.717) is 23.6 Å². The number of hydrogen-bond donors (Lipinski definition) is 0. The van der Waals surface area contributed by atoms with E-state index in [1.54, 1.807) is 18.2 Å². The van der Waals surface area contributed by atoms with Crippen LogP contribution in [0.25, 0.3) is 5.69 Å². The zero-order valence-electron chi connectivity index (χ0n) is 12.4. The fourth-order valence-corrected chi connectivity index (χ4v) is 2.33. The fourth-order valence-electron chi connectivity index (χ4n) is 2.33. The summed E-state index contributed by atoms with van der Waals surface area (Å²) < 4.78 is 24.3. The zero-order valence-corrected chi connectivity index (χ0v) is 12.4. The van der Waals surface area contributed by atoms with Crippen molar-refractivity contribution in [2.45, 2.75) is 12.5 Å². The standard InChI is InChI=1S/C15H12FN5O3/c16-12-7-10(1-2-14(12)21-17-4-5-18-21)13-8-11(24-19-13)9-22-15-3-6-23-20-15/h1-7,11H,8-9H2/t11-/m0/s1. The molecule has 0 fully saturated rings. The van der Waals surface area contributed by atoms with Crippen molar-refractivity contribution in [2.75, 3.05) is 6.61 Å². The summed E-state index contributed by atoms with van der Waals surface area (Å²) in [6.07, 6.45) is 4.65. The maximum atomic E-state index is 14.3. The Kier molecular flexibility index (Phi) is 3.66. The van der Waals surface area contributed by atoms with Crippen molar-refractivity contribution in [1.29, 1.82) is 0 Å². The maximum Gasteiger partial charge on any atom is 0.254 e. The lowest BCUT2D eigenvalue weighted by Crippen LogP contribution is -2.18. The van der Waals surface area contributed by atoms with Gasteiger partial charge in [-0.1, -0.05) is 11.2 Å². The Morgan fingerprint density at radius 1 is 1.25 bits per heavy atom. The summed E-state index contributed by atoms with van der Waals surface area (Å²) in [5, 5.41) is 15.5. The van der Waals surface area contributed by atoms with Crippen LogP contribution in [0.3, 0.4) is 0 Å². The van der Waals surface area contributed by atoms with Gasteiger partial charge in [-0.15, -0.1) is 4.80 Å². The molecule has 0 radical (unpaired) electrons. The van der Waals surface area contributed by atoms with Crippen molar-refractivity contribution in [3.05, 3.63) is 54.3 Å². The molecule has 1 atom stereocenters. The molecule has 0 amide bonds. The lowest BCUT2D eigenvalue weighted by Gasteiger charge is -2.08. The maximum absolute atomic E-state index is 14.3. The smallest absolute Gasteiger partial charge is 0.254 e. The van der Waals surface area contributed by atoms with E-state index < -0.39 is 5.82 Å². The summed E-state index contributed by atoms with van der Waals surface area (Å²) in [7, 11) is 0. The van der Waals surface area contributed by atoms with Crippen LogP contribution in [-0.4, -0.2) is 38.6 Å². The minimum atomic E-state index is -0.436. The quantitative estimate of drug-likeness (QED) is 0.711. The molecule has 9 heteroatoms. The molecular formula is C15H12FN5O3. The average Bonchev–Trinajstić information content (AvgIpc) is 3.34. The average molecular weight is 329 g/mol. The Hall–Kier alpha value is -3.23. The Labute approximate surface area is 135 Å². The molecule has 0 bridgehead atoms. The van der Waals surface area contributed by atoms with E-state index in [-0.39, 0.29) is 18.4 Å². The summed E-state index contributed by atoms with van der Waals surface area (Å²) in [6.45, 7) is 0.275. The van der Waals surface area contributed by atoms with Gasteiger partial charge in [-0.2, -0.15) is 10.2 Å². The fraction of sp³-hybridized carbons (Fsp3) is 0.200. The summed E-state index contributed by atoms with van der Waals surface area (Å²) >= 11 is 0. The predicted molar refractivity (Wildman–Crippen MR) is 79.3 cm³/mol. The molecule has 0 N–H and O–H groups in total. The summed E-state index contributed by atoms with van der Waals surface area (Å²) in [5.74, 6) is -0.0529. The van der Waals surface area contributed by atoms with Crippen molar-refractivity contribution >= 4 is 5.71 Å². The number of halogens is 1. The molecule has 0 aliphatic carbocycles. The molecule has 0 saturated carbocycles. The Bertz CT molecular complexity index is 848. The highest BCUT2D eigenvalue weighted by atomic mass is 19.1. The third-order valence-electron chi connectivity index (χ3n) is 3.48. The Morgan fingerprint density at radius 3 is 2.88 bits per heavy atom. The van der Waals surface area contributed by atoms with Crippen LogP contribution in [0.1, 0.15) is 12.0 Å². The lowest BCUT2D eigenvalue weighted by molar-refractivity contribution is 0.0446. The molecular weight excluding hydrogens is 317 g/mol. The highest BCUT2D eigenvalue weighted by Crippen LogP contribution is 2.21. The summed E-state index contributed by atoms with van der Waals surface area (Å²) in [5.41, 5.74) is 1.57. The van der Waals surface area contributed by atoms with Crippen molar-refractivity contribution < 1.29 is 18.5 Å². The van der Waals surface area contributed by atoms with Crippen LogP contribution in [0.15, 0.2) is 52.6 Å². The predicted octanol–water partition coefficient (Wildman–Crippen LogP) is 1.97. The Morgan fingerprint density at radius 2 is 2.12 bits per heavy atom. The number of rotatable bonds is 5. The van der Waals surface area contributed by atoms with E-state index in [1.165, 1.54) is 29.5 Å². The number of oxime groups is 1. The van der Waals surface area contributed by atoms with Gasteiger partial charge in [-0.3, -0.25) is 0 Å². The molecule has 24 heavy (non-hydrogen) atoms. The third-order valence-corrected chi connectivity index (χ3v) is 3.48. The topological polar surface area (TPSA) is 87.6 Å². The monoisotopic (exact) mass is 329 g/mol.